The summed E-state index contributed by atoms with van der Waals surface area (Å²) in [6, 6.07) is 8.18. The molecule has 4 heteroatoms. The van der Waals surface area contributed by atoms with Crippen LogP contribution < -0.4 is 4.90 Å². The number of anilines is 1. The molecule has 1 aliphatic rings. The smallest absolute Gasteiger partial charge is 0.339 e. The van der Waals surface area contributed by atoms with E-state index in [1.807, 2.05) is 18.2 Å². The van der Waals surface area contributed by atoms with Gasteiger partial charge in [-0.15, -0.1) is 0 Å². The van der Waals surface area contributed by atoms with Crippen LogP contribution >= 0.6 is 0 Å². The van der Waals surface area contributed by atoms with Gasteiger partial charge in [-0.2, -0.15) is 0 Å². The molecule has 1 unspecified atom stereocenters. The van der Waals surface area contributed by atoms with Crippen molar-refractivity contribution in [2.75, 3.05) is 25.1 Å². The Morgan fingerprint density at radius 3 is 2.89 bits per heavy atom. The lowest BCUT2D eigenvalue weighted by atomic mass is 10.0. The number of benzene rings is 1. The van der Waals surface area contributed by atoms with Crippen molar-refractivity contribution in [1.29, 1.82) is 0 Å². The van der Waals surface area contributed by atoms with E-state index in [-0.39, 0.29) is 6.54 Å². The van der Waals surface area contributed by atoms with Gasteiger partial charge in [0.05, 0.1) is 13.7 Å². The SMILES string of the molecule is COC(=O)C(C)(O)CN1CCCCc2ccccc21. The lowest BCUT2D eigenvalue weighted by Crippen LogP contribution is -2.47. The molecule has 1 heterocycles. The van der Waals surface area contributed by atoms with Crippen LogP contribution in [0, 0.1) is 0 Å². The minimum absolute atomic E-state index is 0.261. The molecule has 1 aromatic rings. The molecule has 4 nitrogen and oxygen atoms in total. The van der Waals surface area contributed by atoms with Gasteiger partial charge in [0.1, 0.15) is 0 Å². The van der Waals surface area contributed by atoms with Crippen molar-refractivity contribution in [3.8, 4) is 0 Å². The molecule has 0 saturated carbocycles. The van der Waals surface area contributed by atoms with Gasteiger partial charge in [-0.25, -0.2) is 4.79 Å². The Balaban J connectivity index is 2.23. The van der Waals surface area contributed by atoms with E-state index in [9.17, 15) is 9.90 Å². The van der Waals surface area contributed by atoms with Gasteiger partial charge in [0.25, 0.3) is 0 Å². The van der Waals surface area contributed by atoms with Crippen molar-refractivity contribution < 1.29 is 14.6 Å². The van der Waals surface area contributed by atoms with Gasteiger partial charge < -0.3 is 14.7 Å². The Kier molecular flexibility index (Phi) is 4.10. The van der Waals surface area contributed by atoms with Gasteiger partial charge in [0, 0.05) is 12.2 Å². The fourth-order valence-corrected chi connectivity index (χ4v) is 2.59. The van der Waals surface area contributed by atoms with Crippen molar-refractivity contribution in [3.63, 3.8) is 0 Å². The van der Waals surface area contributed by atoms with Crippen LogP contribution in [0.3, 0.4) is 0 Å². The normalized spacial score (nSPS) is 18.2. The fraction of sp³-hybridized carbons (Fsp3) is 0.533. The third-order valence-corrected chi connectivity index (χ3v) is 3.58. The minimum atomic E-state index is -1.48. The Bertz CT molecular complexity index is 456. The van der Waals surface area contributed by atoms with Crippen LogP contribution in [0.4, 0.5) is 5.69 Å². The van der Waals surface area contributed by atoms with Crippen molar-refractivity contribution in [3.05, 3.63) is 29.8 Å². The summed E-state index contributed by atoms with van der Waals surface area (Å²) in [5, 5.41) is 10.2. The quantitative estimate of drug-likeness (QED) is 0.844. The highest BCUT2D eigenvalue weighted by atomic mass is 16.5. The van der Waals surface area contributed by atoms with E-state index in [2.05, 4.69) is 15.7 Å². The lowest BCUT2D eigenvalue weighted by Gasteiger charge is -2.31. The molecule has 0 amide bonds. The summed E-state index contributed by atoms with van der Waals surface area (Å²) in [5.41, 5.74) is 0.913. The number of β-amino-alcohol motifs (C(OH)–C–C–N with tert-alkyl or cyclic N) is 1. The Hall–Kier alpha value is -1.55. The van der Waals surface area contributed by atoms with Crippen molar-refractivity contribution >= 4 is 11.7 Å². The predicted molar refractivity (Wildman–Crippen MR) is 74.2 cm³/mol. The van der Waals surface area contributed by atoms with Crippen LogP contribution in [0.1, 0.15) is 25.3 Å². The number of rotatable bonds is 3. The van der Waals surface area contributed by atoms with E-state index >= 15 is 0 Å². The van der Waals surface area contributed by atoms with E-state index in [1.165, 1.54) is 19.6 Å². The molecule has 0 radical (unpaired) electrons. The molecule has 19 heavy (non-hydrogen) atoms. The highest BCUT2D eigenvalue weighted by molar-refractivity contribution is 5.79. The topological polar surface area (TPSA) is 49.8 Å². The zero-order valence-corrected chi connectivity index (χ0v) is 11.6. The van der Waals surface area contributed by atoms with E-state index in [1.54, 1.807) is 0 Å². The Morgan fingerprint density at radius 2 is 2.16 bits per heavy atom. The van der Waals surface area contributed by atoms with Crippen LogP contribution in [-0.4, -0.2) is 36.9 Å². The summed E-state index contributed by atoms with van der Waals surface area (Å²) in [5.74, 6) is -0.589. The number of aryl methyl sites for hydroxylation is 1. The first-order valence-electron chi connectivity index (χ1n) is 6.68. The summed E-state index contributed by atoms with van der Waals surface area (Å²) < 4.78 is 4.66. The first kappa shape index (κ1) is 13.9. The van der Waals surface area contributed by atoms with Crippen LogP contribution in [0.2, 0.25) is 0 Å². The molecule has 1 atom stereocenters. The molecular weight excluding hydrogens is 242 g/mol. The van der Waals surface area contributed by atoms with Gasteiger partial charge in [-0.1, -0.05) is 18.2 Å². The first-order valence-corrected chi connectivity index (χ1v) is 6.68. The number of methoxy groups -OCH3 is 1. The lowest BCUT2D eigenvalue weighted by molar-refractivity contribution is -0.159. The van der Waals surface area contributed by atoms with Gasteiger partial charge >= 0.3 is 5.97 Å². The minimum Gasteiger partial charge on any atom is -0.467 e. The summed E-state index contributed by atoms with van der Waals surface area (Å²) in [6.07, 6.45) is 3.24. The monoisotopic (exact) mass is 263 g/mol. The van der Waals surface area contributed by atoms with Crippen LogP contribution in [0.5, 0.6) is 0 Å². The number of nitrogens with zero attached hydrogens (tertiary/aromatic N) is 1. The molecule has 104 valence electrons. The molecule has 2 rings (SSSR count). The molecule has 0 aliphatic carbocycles. The summed E-state index contributed by atoms with van der Waals surface area (Å²) in [6.45, 7) is 2.62. The zero-order chi connectivity index (χ0) is 13.9. The number of ether oxygens (including phenoxy) is 1. The van der Waals surface area contributed by atoms with Gasteiger partial charge in [0.15, 0.2) is 5.60 Å². The highest BCUT2D eigenvalue weighted by Gasteiger charge is 2.34. The Labute approximate surface area is 114 Å². The number of carbonyl (C=O) groups is 1. The number of para-hydroxylation sites is 1. The summed E-state index contributed by atoms with van der Waals surface area (Å²) in [7, 11) is 1.30. The number of aliphatic hydroxyl groups is 1. The number of carbonyl (C=O) groups excluding carboxylic acids is 1. The predicted octanol–water partition coefficient (Wildman–Crippen LogP) is 1.75. The largest absolute Gasteiger partial charge is 0.467 e. The van der Waals surface area contributed by atoms with Crippen LogP contribution in [-0.2, 0) is 16.0 Å². The summed E-state index contributed by atoms with van der Waals surface area (Å²) >= 11 is 0. The maximum atomic E-state index is 11.6. The highest BCUT2D eigenvalue weighted by Crippen LogP contribution is 2.27. The third kappa shape index (κ3) is 3.07. The van der Waals surface area contributed by atoms with Crippen molar-refractivity contribution in [2.24, 2.45) is 0 Å². The van der Waals surface area contributed by atoms with Crippen LogP contribution in [0.25, 0.3) is 0 Å². The van der Waals surface area contributed by atoms with E-state index in [0.29, 0.717) is 0 Å². The van der Waals surface area contributed by atoms with Gasteiger partial charge in [-0.05, 0) is 37.8 Å². The van der Waals surface area contributed by atoms with E-state index < -0.39 is 11.6 Å². The molecular formula is C15H21NO3. The molecule has 0 spiro atoms. The second-order valence-corrected chi connectivity index (χ2v) is 5.27. The van der Waals surface area contributed by atoms with E-state index in [0.717, 1.165) is 31.5 Å². The number of fused-ring (bicyclic) bond motifs is 1. The number of hydrogen-bond acceptors (Lipinski definition) is 4. The standard InChI is InChI=1S/C15H21NO3/c1-15(18,14(17)19-2)11-16-10-6-5-8-12-7-3-4-9-13(12)16/h3-4,7,9,18H,5-6,8,10-11H2,1-2H3. The maximum Gasteiger partial charge on any atom is 0.339 e. The van der Waals surface area contributed by atoms with Gasteiger partial charge in [-0.3, -0.25) is 0 Å². The van der Waals surface area contributed by atoms with E-state index in [4.69, 9.17) is 0 Å². The molecule has 0 aromatic heterocycles. The zero-order valence-electron chi connectivity index (χ0n) is 11.6. The first-order chi connectivity index (χ1) is 9.04. The second-order valence-electron chi connectivity index (χ2n) is 5.27. The summed E-state index contributed by atoms with van der Waals surface area (Å²) in [4.78, 5) is 13.7. The fourth-order valence-electron chi connectivity index (χ4n) is 2.59. The molecule has 0 saturated heterocycles. The maximum absolute atomic E-state index is 11.6. The van der Waals surface area contributed by atoms with Crippen molar-refractivity contribution in [1.82, 2.24) is 0 Å². The second kappa shape index (κ2) is 5.61. The van der Waals surface area contributed by atoms with Crippen molar-refractivity contribution in [2.45, 2.75) is 31.8 Å². The molecule has 0 bridgehead atoms. The molecule has 0 fully saturated rings. The average Bonchev–Trinajstić information content (AvgIpc) is 2.60. The van der Waals surface area contributed by atoms with Gasteiger partial charge in [0.2, 0.25) is 0 Å². The third-order valence-electron chi connectivity index (χ3n) is 3.58. The molecule has 1 aromatic carbocycles. The van der Waals surface area contributed by atoms with Crippen LogP contribution in [0.15, 0.2) is 24.3 Å². The molecule has 1 N–H and O–H groups in total. The average molecular weight is 263 g/mol. The molecule has 1 aliphatic heterocycles. The Morgan fingerprint density at radius 1 is 1.42 bits per heavy atom. The number of hydrogen-bond donors (Lipinski definition) is 1. The number of esters is 1.